The van der Waals surface area contributed by atoms with E-state index in [9.17, 15) is 4.79 Å². The smallest absolute Gasteiger partial charge is 0.209 e. The Bertz CT molecular complexity index is 2190. The molecule has 7 rings (SSSR count). The van der Waals surface area contributed by atoms with Crippen molar-refractivity contribution in [2.24, 2.45) is 0 Å². The van der Waals surface area contributed by atoms with Gasteiger partial charge < -0.3 is 4.90 Å². The molecule has 3 aromatic rings. The van der Waals surface area contributed by atoms with Gasteiger partial charge in [0.2, 0.25) is 11.4 Å². The normalized spacial score (nSPS) is 22.1. The summed E-state index contributed by atoms with van der Waals surface area (Å²) in [5, 5.41) is 0. The van der Waals surface area contributed by atoms with Gasteiger partial charge in [0.05, 0.1) is 10.8 Å². The summed E-state index contributed by atoms with van der Waals surface area (Å²) in [5.41, 5.74) is 12.9. The van der Waals surface area contributed by atoms with Crippen LogP contribution in [0.5, 0.6) is 0 Å². The Labute approximate surface area is 291 Å². The van der Waals surface area contributed by atoms with E-state index >= 15 is 0 Å². The molecule has 3 aromatic carbocycles. The largest absolute Gasteiger partial charge is 0.347 e. The maximum atomic E-state index is 14.2. The van der Waals surface area contributed by atoms with Crippen LogP contribution in [0.1, 0.15) is 58.2 Å². The second kappa shape index (κ2) is 11.5. The standard InChI is InChI=1S/C45H47N3O/c1-43(2)33-16-10-13-19-36(33)46(7)39(43)25-22-30-28-31(23-26-40-44(3,4)34-17-11-14-20-37(34)47(40)8)42(49)32(29-30)24-27-41-45(5,6)35-18-12-15-21-38(35)48(41)9/h10-29H,1-9H3/q+2. The number of para-hydroxylation sites is 3. The van der Waals surface area contributed by atoms with Crippen LogP contribution in [0.3, 0.4) is 0 Å². The van der Waals surface area contributed by atoms with Crippen LogP contribution in [0.25, 0.3) is 0 Å². The molecule has 0 amide bonds. The first-order valence-electron chi connectivity index (χ1n) is 17.3. The van der Waals surface area contributed by atoms with Crippen molar-refractivity contribution in [1.29, 1.82) is 0 Å². The van der Waals surface area contributed by atoms with E-state index in [1.165, 1.54) is 39.5 Å². The van der Waals surface area contributed by atoms with E-state index < -0.39 is 0 Å². The minimum Gasteiger partial charge on any atom is -0.347 e. The molecule has 0 fully saturated rings. The van der Waals surface area contributed by atoms with Crippen molar-refractivity contribution in [3.05, 3.63) is 161 Å². The molecule has 0 unspecified atom stereocenters. The van der Waals surface area contributed by atoms with Gasteiger partial charge in [-0.1, -0.05) is 68.4 Å². The Kier molecular flexibility index (Phi) is 7.63. The number of anilines is 1. The number of Topliss-reactive ketones (excluding diaryl/α,β-unsaturated/α-hetero) is 1. The van der Waals surface area contributed by atoms with Crippen LogP contribution in [0.2, 0.25) is 0 Å². The summed E-state index contributed by atoms with van der Waals surface area (Å²) < 4.78 is 4.54. The van der Waals surface area contributed by atoms with E-state index in [2.05, 4.69) is 174 Å². The monoisotopic (exact) mass is 645 g/mol. The number of rotatable bonds is 5. The first-order valence-corrected chi connectivity index (χ1v) is 17.3. The quantitative estimate of drug-likeness (QED) is 0.204. The van der Waals surface area contributed by atoms with Gasteiger partial charge in [0.15, 0.2) is 17.2 Å². The summed E-state index contributed by atoms with van der Waals surface area (Å²) in [7, 11) is 6.37. The number of carbonyl (C=O) groups is 1. The summed E-state index contributed by atoms with van der Waals surface area (Å²) >= 11 is 0. The van der Waals surface area contributed by atoms with Gasteiger partial charge in [-0.25, -0.2) is 0 Å². The van der Waals surface area contributed by atoms with E-state index in [1.54, 1.807) is 0 Å². The lowest BCUT2D eigenvalue weighted by Crippen LogP contribution is -2.27. The van der Waals surface area contributed by atoms with Crippen LogP contribution in [-0.4, -0.2) is 47.5 Å². The van der Waals surface area contributed by atoms with Crippen LogP contribution in [0, 0.1) is 0 Å². The highest BCUT2D eigenvalue weighted by molar-refractivity contribution is 6.15. The second-order valence-corrected chi connectivity index (χ2v) is 15.3. The van der Waals surface area contributed by atoms with Gasteiger partial charge in [-0.2, -0.15) is 9.15 Å². The molecule has 246 valence electrons. The molecule has 0 spiro atoms. The van der Waals surface area contributed by atoms with Crippen LogP contribution in [0.15, 0.2) is 144 Å². The molecule has 0 saturated heterocycles. The molecule has 0 aromatic heterocycles. The molecule has 0 atom stereocenters. The molecule has 4 heteroatoms. The van der Waals surface area contributed by atoms with Crippen molar-refractivity contribution in [2.75, 3.05) is 26.0 Å². The number of likely N-dealkylation sites (N-methyl/N-ethyl adjacent to an activating group) is 1. The molecule has 4 aliphatic rings. The maximum Gasteiger partial charge on any atom is 0.209 e. The molecule has 0 radical (unpaired) electrons. The zero-order chi connectivity index (χ0) is 34.9. The van der Waals surface area contributed by atoms with Crippen molar-refractivity contribution in [2.45, 2.75) is 57.8 Å². The first-order chi connectivity index (χ1) is 23.2. The number of nitrogens with zero attached hydrogens (tertiary/aromatic N) is 3. The molecule has 1 aliphatic carbocycles. The average Bonchev–Trinajstić information content (AvgIpc) is 3.50. The molecular weight excluding hydrogens is 599 g/mol. The topological polar surface area (TPSA) is 26.3 Å². The molecule has 0 N–H and O–H groups in total. The number of carbonyl (C=O) groups excluding carboxylic acids is 1. The predicted octanol–water partition coefficient (Wildman–Crippen LogP) is 9.18. The number of hydrogen-bond acceptors (Lipinski definition) is 2. The molecule has 3 heterocycles. The van der Waals surface area contributed by atoms with Gasteiger partial charge >= 0.3 is 0 Å². The highest BCUT2D eigenvalue weighted by atomic mass is 16.1. The van der Waals surface area contributed by atoms with Gasteiger partial charge in [-0.15, -0.1) is 0 Å². The minimum atomic E-state index is -0.181. The zero-order valence-electron chi connectivity index (χ0n) is 30.3. The lowest BCUT2D eigenvalue weighted by atomic mass is 9.80. The Balaban J connectivity index is 1.29. The van der Waals surface area contributed by atoms with Gasteiger partial charge in [0.1, 0.15) is 14.1 Å². The van der Waals surface area contributed by atoms with E-state index in [1.807, 2.05) is 24.3 Å². The van der Waals surface area contributed by atoms with Gasteiger partial charge in [0.25, 0.3) is 0 Å². The van der Waals surface area contributed by atoms with Crippen molar-refractivity contribution in [1.82, 2.24) is 0 Å². The fourth-order valence-corrected chi connectivity index (χ4v) is 8.46. The Hall–Kier alpha value is -5.09. The molecule has 3 aliphatic heterocycles. The average molecular weight is 646 g/mol. The number of ketones is 1. The maximum absolute atomic E-state index is 14.2. The number of fused-ring (bicyclic) bond motifs is 3. The Morgan fingerprint density at radius 1 is 0.592 bits per heavy atom. The fraction of sp³-hybridized carbons (Fsp3) is 0.267. The SMILES string of the molecule is CN1C(=CC=C2C=C(C=CC3=[N+](C)c4ccccc4C3(C)C)C=C(C=CC3=[N+](C)c4ccccc4C3(C)C)C2=O)C(C)(C)c2ccccc21. The van der Waals surface area contributed by atoms with Gasteiger partial charge in [-0.3, -0.25) is 4.79 Å². The van der Waals surface area contributed by atoms with Crippen molar-refractivity contribution in [3.8, 4) is 0 Å². The minimum absolute atomic E-state index is 0.0242. The van der Waals surface area contributed by atoms with Gasteiger partial charge in [0, 0.05) is 70.4 Å². The van der Waals surface area contributed by atoms with Crippen LogP contribution in [-0.2, 0) is 21.0 Å². The van der Waals surface area contributed by atoms with E-state index in [0.717, 1.165) is 17.0 Å². The highest BCUT2D eigenvalue weighted by Gasteiger charge is 2.44. The Morgan fingerprint density at radius 2 is 1.10 bits per heavy atom. The number of hydrogen-bond donors (Lipinski definition) is 0. The van der Waals surface area contributed by atoms with Crippen LogP contribution < -0.4 is 4.90 Å². The molecule has 0 saturated carbocycles. The van der Waals surface area contributed by atoms with Crippen molar-refractivity contribution >= 4 is 34.3 Å². The lowest BCUT2D eigenvalue weighted by Gasteiger charge is -2.24. The van der Waals surface area contributed by atoms with Crippen LogP contribution >= 0.6 is 0 Å². The lowest BCUT2D eigenvalue weighted by molar-refractivity contribution is -0.401. The van der Waals surface area contributed by atoms with Crippen LogP contribution in [0.4, 0.5) is 17.1 Å². The fourth-order valence-electron chi connectivity index (χ4n) is 8.46. The third kappa shape index (κ3) is 5.08. The predicted molar refractivity (Wildman–Crippen MR) is 204 cm³/mol. The third-order valence-electron chi connectivity index (χ3n) is 11.3. The van der Waals surface area contributed by atoms with E-state index in [0.29, 0.717) is 11.1 Å². The molecule has 49 heavy (non-hydrogen) atoms. The summed E-state index contributed by atoms with van der Waals surface area (Å²) in [6.45, 7) is 13.6. The van der Waals surface area contributed by atoms with Crippen molar-refractivity contribution < 1.29 is 13.9 Å². The zero-order valence-corrected chi connectivity index (χ0v) is 30.3. The molecular formula is C45H47N3O+2. The molecule has 4 nitrogen and oxygen atoms in total. The Morgan fingerprint density at radius 3 is 1.65 bits per heavy atom. The van der Waals surface area contributed by atoms with Crippen molar-refractivity contribution in [3.63, 3.8) is 0 Å². The van der Waals surface area contributed by atoms with E-state index in [4.69, 9.17) is 0 Å². The summed E-state index contributed by atoms with van der Waals surface area (Å²) in [4.78, 5) is 16.5. The van der Waals surface area contributed by atoms with Gasteiger partial charge in [-0.05, 0) is 81.4 Å². The summed E-state index contributed by atoms with van der Waals surface area (Å²) in [5.74, 6) is 0.0242. The van der Waals surface area contributed by atoms with E-state index in [-0.39, 0.29) is 22.0 Å². The first kappa shape index (κ1) is 32.5. The molecule has 0 bridgehead atoms. The number of allylic oxidation sites excluding steroid dienone is 12. The summed E-state index contributed by atoms with van der Waals surface area (Å²) in [6.07, 6.45) is 16.8. The third-order valence-corrected chi connectivity index (χ3v) is 11.3. The summed E-state index contributed by atoms with van der Waals surface area (Å²) in [6, 6.07) is 25.7. The highest BCUT2D eigenvalue weighted by Crippen LogP contribution is 2.47. The second-order valence-electron chi connectivity index (χ2n) is 15.3. The number of benzene rings is 3.